The lowest BCUT2D eigenvalue weighted by atomic mass is 10.2. The van der Waals surface area contributed by atoms with Crippen LogP contribution in [-0.4, -0.2) is 25.4 Å². The molecule has 0 radical (unpaired) electrons. The van der Waals surface area contributed by atoms with Gasteiger partial charge in [0.1, 0.15) is 6.29 Å². The number of methoxy groups -OCH3 is 1. The van der Waals surface area contributed by atoms with Gasteiger partial charge in [-0.15, -0.1) is 0 Å². The zero-order chi connectivity index (χ0) is 17.7. The molecule has 1 N–H and O–H groups in total. The van der Waals surface area contributed by atoms with Crippen LogP contribution in [0.1, 0.15) is 17.3 Å². The lowest BCUT2D eigenvalue weighted by Crippen LogP contribution is -2.30. The van der Waals surface area contributed by atoms with Crippen LogP contribution in [0.2, 0.25) is 10.0 Å². The van der Waals surface area contributed by atoms with Crippen LogP contribution in [0.4, 0.5) is 5.69 Å². The van der Waals surface area contributed by atoms with Gasteiger partial charge in [-0.05, 0) is 43.3 Å². The van der Waals surface area contributed by atoms with E-state index in [0.717, 1.165) is 0 Å². The first kappa shape index (κ1) is 18.1. The van der Waals surface area contributed by atoms with E-state index in [9.17, 15) is 9.59 Å². The van der Waals surface area contributed by atoms with E-state index in [0.29, 0.717) is 39.1 Å². The summed E-state index contributed by atoms with van der Waals surface area (Å²) in [6.07, 6.45) is -0.168. The fourth-order valence-corrected chi connectivity index (χ4v) is 2.27. The summed E-state index contributed by atoms with van der Waals surface area (Å²) in [5.74, 6) is 0.292. The van der Waals surface area contributed by atoms with Gasteiger partial charge in [-0.2, -0.15) is 0 Å². The van der Waals surface area contributed by atoms with Gasteiger partial charge in [0.15, 0.2) is 17.6 Å². The molecule has 0 saturated heterocycles. The average molecular weight is 368 g/mol. The number of hydrogen-bond acceptors (Lipinski definition) is 4. The van der Waals surface area contributed by atoms with Crippen molar-refractivity contribution in [1.29, 1.82) is 0 Å². The molecule has 5 nitrogen and oxygen atoms in total. The van der Waals surface area contributed by atoms with E-state index in [1.165, 1.54) is 13.2 Å². The normalized spacial score (nSPS) is 11.5. The van der Waals surface area contributed by atoms with Crippen LogP contribution < -0.4 is 14.8 Å². The molecule has 0 heterocycles. The summed E-state index contributed by atoms with van der Waals surface area (Å²) in [6, 6.07) is 9.44. The Morgan fingerprint density at radius 1 is 1.17 bits per heavy atom. The Hall–Kier alpha value is -2.24. The van der Waals surface area contributed by atoms with Crippen LogP contribution in [0.25, 0.3) is 0 Å². The molecule has 0 spiro atoms. The van der Waals surface area contributed by atoms with E-state index in [1.54, 1.807) is 37.3 Å². The van der Waals surface area contributed by atoms with Crippen molar-refractivity contribution in [3.05, 3.63) is 52.0 Å². The number of amides is 1. The number of benzene rings is 2. The minimum absolute atomic E-state index is 0.293. The van der Waals surface area contributed by atoms with Gasteiger partial charge in [-0.1, -0.05) is 23.2 Å². The van der Waals surface area contributed by atoms with Crippen LogP contribution in [-0.2, 0) is 4.79 Å². The van der Waals surface area contributed by atoms with Crippen LogP contribution in [0.5, 0.6) is 11.5 Å². The summed E-state index contributed by atoms with van der Waals surface area (Å²) in [5, 5.41) is 3.46. The van der Waals surface area contributed by atoms with Crippen molar-refractivity contribution in [3.8, 4) is 11.5 Å². The van der Waals surface area contributed by atoms with Gasteiger partial charge in [-0.25, -0.2) is 0 Å². The summed E-state index contributed by atoms with van der Waals surface area (Å²) < 4.78 is 10.8. The third-order valence-corrected chi connectivity index (χ3v) is 3.75. The molecule has 0 aromatic heterocycles. The third kappa shape index (κ3) is 4.40. The molecule has 7 heteroatoms. The minimum Gasteiger partial charge on any atom is -0.493 e. The number of nitrogens with one attached hydrogen (secondary N) is 1. The highest BCUT2D eigenvalue weighted by atomic mass is 35.5. The molecule has 0 fully saturated rings. The van der Waals surface area contributed by atoms with Crippen LogP contribution in [0, 0.1) is 0 Å². The molecular formula is C17H15Cl2NO4. The third-order valence-electron chi connectivity index (χ3n) is 3.18. The molecule has 0 bridgehead atoms. The van der Waals surface area contributed by atoms with Crippen molar-refractivity contribution in [3.63, 3.8) is 0 Å². The summed E-state index contributed by atoms with van der Waals surface area (Å²) in [5.41, 5.74) is 0.800. The van der Waals surface area contributed by atoms with E-state index < -0.39 is 12.0 Å². The molecule has 2 rings (SSSR count). The first-order chi connectivity index (χ1) is 11.4. The molecule has 0 saturated carbocycles. The molecule has 2 aromatic rings. The van der Waals surface area contributed by atoms with E-state index in [2.05, 4.69) is 5.32 Å². The highest BCUT2D eigenvalue weighted by Crippen LogP contribution is 2.29. The molecule has 24 heavy (non-hydrogen) atoms. The van der Waals surface area contributed by atoms with Crippen molar-refractivity contribution in [2.45, 2.75) is 13.0 Å². The monoisotopic (exact) mass is 367 g/mol. The molecule has 1 amide bonds. The maximum absolute atomic E-state index is 12.3. The molecule has 0 aliphatic rings. The van der Waals surface area contributed by atoms with Crippen molar-refractivity contribution in [1.82, 2.24) is 0 Å². The minimum atomic E-state index is -0.851. The largest absolute Gasteiger partial charge is 0.493 e. The van der Waals surface area contributed by atoms with Crippen LogP contribution in [0.3, 0.4) is 0 Å². The highest BCUT2D eigenvalue weighted by molar-refractivity contribution is 6.35. The first-order valence-corrected chi connectivity index (χ1v) is 7.76. The van der Waals surface area contributed by atoms with Crippen molar-refractivity contribution >= 4 is 41.1 Å². The van der Waals surface area contributed by atoms with Crippen molar-refractivity contribution in [2.24, 2.45) is 0 Å². The number of halogens is 2. The second-order valence-corrected chi connectivity index (χ2v) is 5.75. The van der Waals surface area contributed by atoms with Gasteiger partial charge < -0.3 is 14.8 Å². The van der Waals surface area contributed by atoms with Crippen molar-refractivity contribution < 1.29 is 19.1 Å². The SMILES string of the molecule is COc1ccc(C=O)cc1O[C@H](C)C(=O)Nc1cc(Cl)ccc1Cl. The second kappa shape index (κ2) is 8.04. The molecule has 1 atom stereocenters. The number of carbonyl (C=O) groups is 2. The molecule has 0 aliphatic carbocycles. The van der Waals surface area contributed by atoms with Gasteiger partial charge in [0.2, 0.25) is 0 Å². The van der Waals surface area contributed by atoms with E-state index in [-0.39, 0.29) is 0 Å². The zero-order valence-electron chi connectivity index (χ0n) is 13.0. The van der Waals surface area contributed by atoms with Crippen LogP contribution in [0.15, 0.2) is 36.4 Å². The van der Waals surface area contributed by atoms with Crippen LogP contribution >= 0.6 is 23.2 Å². The van der Waals surface area contributed by atoms with Gasteiger partial charge in [-0.3, -0.25) is 9.59 Å². The quantitative estimate of drug-likeness (QED) is 0.776. The molecule has 0 unspecified atom stereocenters. The molecule has 0 aliphatic heterocycles. The summed E-state index contributed by atoms with van der Waals surface area (Å²) in [7, 11) is 1.47. The Morgan fingerprint density at radius 3 is 2.58 bits per heavy atom. The first-order valence-electron chi connectivity index (χ1n) is 7.00. The Labute approximate surface area is 149 Å². The van der Waals surface area contributed by atoms with E-state index >= 15 is 0 Å². The Bertz CT molecular complexity index is 764. The smallest absolute Gasteiger partial charge is 0.265 e. The van der Waals surface area contributed by atoms with Crippen molar-refractivity contribution in [2.75, 3.05) is 12.4 Å². The maximum Gasteiger partial charge on any atom is 0.265 e. The van der Waals surface area contributed by atoms with Gasteiger partial charge in [0, 0.05) is 10.6 Å². The lowest BCUT2D eigenvalue weighted by molar-refractivity contribution is -0.122. The fraction of sp³-hybridized carbons (Fsp3) is 0.176. The fourth-order valence-electron chi connectivity index (χ4n) is 1.93. The Morgan fingerprint density at radius 2 is 1.92 bits per heavy atom. The number of hydrogen-bond donors (Lipinski definition) is 1. The highest BCUT2D eigenvalue weighted by Gasteiger charge is 2.18. The average Bonchev–Trinajstić information content (AvgIpc) is 2.57. The van der Waals surface area contributed by atoms with Gasteiger partial charge >= 0.3 is 0 Å². The predicted octanol–water partition coefficient (Wildman–Crippen LogP) is 4.22. The topological polar surface area (TPSA) is 64.6 Å². The maximum atomic E-state index is 12.3. The summed E-state index contributed by atoms with van der Waals surface area (Å²) in [4.78, 5) is 23.2. The summed E-state index contributed by atoms with van der Waals surface area (Å²) >= 11 is 11.9. The van der Waals surface area contributed by atoms with E-state index in [1.807, 2.05) is 0 Å². The Balaban J connectivity index is 2.14. The zero-order valence-corrected chi connectivity index (χ0v) is 14.5. The Kier molecular flexibility index (Phi) is 6.06. The van der Waals surface area contributed by atoms with Gasteiger partial charge in [0.05, 0.1) is 17.8 Å². The number of rotatable bonds is 6. The number of aldehydes is 1. The summed E-state index contributed by atoms with van der Waals surface area (Å²) in [6.45, 7) is 1.57. The molecular weight excluding hydrogens is 353 g/mol. The van der Waals surface area contributed by atoms with Gasteiger partial charge in [0.25, 0.3) is 5.91 Å². The lowest BCUT2D eigenvalue weighted by Gasteiger charge is -2.17. The standard InChI is InChI=1S/C17H15Cl2NO4/c1-10(17(22)20-14-8-12(18)4-5-13(14)19)24-16-7-11(9-21)3-6-15(16)23-2/h3-10H,1-2H3,(H,20,22)/t10-/m1/s1. The molecule has 2 aromatic carbocycles. The number of anilines is 1. The second-order valence-electron chi connectivity index (χ2n) is 4.90. The van der Waals surface area contributed by atoms with E-state index in [4.69, 9.17) is 32.7 Å². The predicted molar refractivity (Wildman–Crippen MR) is 93.6 cm³/mol. The molecule has 126 valence electrons. The number of carbonyl (C=O) groups excluding carboxylic acids is 2. The number of ether oxygens (including phenoxy) is 2.